The average molecular weight is 252 g/mol. The number of amides is 1. The van der Waals surface area contributed by atoms with E-state index in [1.54, 1.807) is 16.7 Å². The van der Waals surface area contributed by atoms with Crippen molar-refractivity contribution in [2.45, 2.75) is 13.0 Å². The zero-order valence-corrected chi connectivity index (χ0v) is 11.3. The Morgan fingerprint density at radius 1 is 1.35 bits per heavy atom. The lowest BCUT2D eigenvalue weighted by atomic mass is 10.1. The van der Waals surface area contributed by atoms with Crippen LogP contribution in [0.3, 0.4) is 0 Å². The molecule has 0 unspecified atom stereocenters. The molecular weight excluding hydrogens is 232 g/mol. The predicted octanol–water partition coefficient (Wildman–Crippen LogP) is 1.97. The second kappa shape index (κ2) is 7.35. The Morgan fingerprint density at radius 2 is 2.00 bits per heavy atom. The molecule has 2 N–H and O–H groups in total. The van der Waals surface area contributed by atoms with Crippen molar-refractivity contribution in [2.24, 2.45) is 5.73 Å². The summed E-state index contributed by atoms with van der Waals surface area (Å²) < 4.78 is 0. The molecule has 0 saturated carbocycles. The van der Waals surface area contributed by atoms with E-state index in [-0.39, 0.29) is 5.91 Å². The lowest BCUT2D eigenvalue weighted by Crippen LogP contribution is -2.28. The minimum Gasteiger partial charge on any atom is -0.342 e. The van der Waals surface area contributed by atoms with Crippen LogP contribution >= 0.6 is 11.8 Å². The van der Waals surface area contributed by atoms with Crippen LogP contribution in [0.15, 0.2) is 24.3 Å². The summed E-state index contributed by atoms with van der Waals surface area (Å²) in [5, 5.41) is 0. The van der Waals surface area contributed by atoms with Gasteiger partial charge in [-0.3, -0.25) is 4.79 Å². The van der Waals surface area contributed by atoms with Gasteiger partial charge in [0.1, 0.15) is 0 Å². The summed E-state index contributed by atoms with van der Waals surface area (Å²) in [6.07, 6.45) is 3.11. The third-order valence-corrected chi connectivity index (χ3v) is 3.32. The van der Waals surface area contributed by atoms with E-state index in [4.69, 9.17) is 5.73 Å². The van der Waals surface area contributed by atoms with Gasteiger partial charge < -0.3 is 10.6 Å². The van der Waals surface area contributed by atoms with Crippen molar-refractivity contribution in [3.05, 3.63) is 35.4 Å². The first-order valence-electron chi connectivity index (χ1n) is 5.72. The molecule has 0 aliphatic carbocycles. The van der Waals surface area contributed by atoms with Crippen LogP contribution in [0.5, 0.6) is 0 Å². The second-order valence-corrected chi connectivity index (χ2v) is 4.96. The zero-order valence-electron chi connectivity index (χ0n) is 10.5. The van der Waals surface area contributed by atoms with Crippen molar-refractivity contribution < 1.29 is 4.79 Å². The molecule has 1 aromatic rings. The Hall–Kier alpha value is -1.00. The average Bonchev–Trinajstić information content (AvgIpc) is 2.38. The minimum absolute atomic E-state index is 0.0784. The van der Waals surface area contributed by atoms with Gasteiger partial charge in [-0.2, -0.15) is 11.8 Å². The third kappa shape index (κ3) is 4.40. The van der Waals surface area contributed by atoms with Crippen molar-refractivity contribution in [2.75, 3.05) is 25.6 Å². The number of nitrogens with two attached hydrogens (primary N) is 1. The first kappa shape index (κ1) is 14.1. The molecule has 17 heavy (non-hydrogen) atoms. The molecule has 0 bridgehead atoms. The zero-order chi connectivity index (χ0) is 12.7. The Morgan fingerprint density at radius 3 is 2.53 bits per heavy atom. The van der Waals surface area contributed by atoms with Crippen LogP contribution in [0.4, 0.5) is 0 Å². The van der Waals surface area contributed by atoms with Crippen molar-refractivity contribution in [3.8, 4) is 0 Å². The number of hydrogen-bond acceptors (Lipinski definition) is 3. The topological polar surface area (TPSA) is 46.3 Å². The van der Waals surface area contributed by atoms with Gasteiger partial charge in [-0.15, -0.1) is 0 Å². The van der Waals surface area contributed by atoms with Crippen LogP contribution < -0.4 is 5.73 Å². The van der Waals surface area contributed by atoms with E-state index in [2.05, 4.69) is 6.26 Å². The van der Waals surface area contributed by atoms with Crippen LogP contribution in [0.2, 0.25) is 0 Å². The van der Waals surface area contributed by atoms with E-state index < -0.39 is 0 Å². The molecule has 1 amide bonds. The summed E-state index contributed by atoms with van der Waals surface area (Å²) in [7, 11) is 1.85. The maximum atomic E-state index is 12.0. The van der Waals surface area contributed by atoms with Gasteiger partial charge in [0, 0.05) is 25.7 Å². The number of nitrogens with zero attached hydrogens (tertiary/aromatic N) is 1. The predicted molar refractivity (Wildman–Crippen MR) is 74.3 cm³/mol. The molecule has 0 heterocycles. The molecule has 0 aliphatic rings. The highest BCUT2D eigenvalue weighted by atomic mass is 32.2. The standard InChI is InChI=1S/C13H20N2OS/c1-15(8-3-9-17-2)13(16)12-6-4-11(10-14)5-7-12/h4-7H,3,8-10,14H2,1-2H3. The first-order chi connectivity index (χ1) is 8.19. The van der Waals surface area contributed by atoms with Crippen molar-refractivity contribution in [1.82, 2.24) is 4.90 Å². The molecule has 3 nitrogen and oxygen atoms in total. The largest absolute Gasteiger partial charge is 0.342 e. The van der Waals surface area contributed by atoms with E-state index >= 15 is 0 Å². The Labute approximate surface area is 107 Å². The van der Waals surface area contributed by atoms with Gasteiger partial charge in [-0.25, -0.2) is 0 Å². The van der Waals surface area contributed by atoms with Gasteiger partial charge in [0.15, 0.2) is 0 Å². The molecule has 0 atom stereocenters. The Kier molecular flexibility index (Phi) is 6.08. The van der Waals surface area contributed by atoms with Gasteiger partial charge >= 0.3 is 0 Å². The number of rotatable bonds is 6. The smallest absolute Gasteiger partial charge is 0.253 e. The number of carbonyl (C=O) groups is 1. The van der Waals surface area contributed by atoms with E-state index in [1.165, 1.54) is 0 Å². The van der Waals surface area contributed by atoms with Crippen LogP contribution in [0.25, 0.3) is 0 Å². The van der Waals surface area contributed by atoms with E-state index in [9.17, 15) is 4.79 Å². The van der Waals surface area contributed by atoms with Crippen molar-refractivity contribution in [1.29, 1.82) is 0 Å². The summed E-state index contributed by atoms with van der Waals surface area (Å²) in [5.41, 5.74) is 7.30. The molecule has 0 fully saturated rings. The van der Waals surface area contributed by atoms with Gasteiger partial charge in [0.2, 0.25) is 0 Å². The molecule has 0 spiro atoms. The monoisotopic (exact) mass is 252 g/mol. The summed E-state index contributed by atoms with van der Waals surface area (Å²) in [5.74, 6) is 1.17. The summed E-state index contributed by atoms with van der Waals surface area (Å²) in [4.78, 5) is 13.8. The van der Waals surface area contributed by atoms with E-state index in [0.717, 1.165) is 29.8 Å². The first-order valence-corrected chi connectivity index (χ1v) is 7.12. The summed E-state index contributed by atoms with van der Waals surface area (Å²) in [6.45, 7) is 1.32. The third-order valence-electron chi connectivity index (χ3n) is 2.63. The number of benzene rings is 1. The van der Waals surface area contributed by atoms with E-state index in [0.29, 0.717) is 6.54 Å². The maximum Gasteiger partial charge on any atom is 0.253 e. The maximum absolute atomic E-state index is 12.0. The number of thioether (sulfide) groups is 1. The molecule has 0 saturated heterocycles. The summed E-state index contributed by atoms with van der Waals surface area (Å²) >= 11 is 1.80. The normalized spacial score (nSPS) is 10.3. The lowest BCUT2D eigenvalue weighted by Gasteiger charge is -2.17. The van der Waals surface area contributed by atoms with Crippen LogP contribution in [-0.4, -0.2) is 36.4 Å². The van der Waals surface area contributed by atoms with Gasteiger partial charge in [0.05, 0.1) is 0 Å². The van der Waals surface area contributed by atoms with Gasteiger partial charge in [-0.1, -0.05) is 12.1 Å². The van der Waals surface area contributed by atoms with Crippen LogP contribution in [0, 0.1) is 0 Å². The highest BCUT2D eigenvalue weighted by Gasteiger charge is 2.10. The Balaban J connectivity index is 2.55. The minimum atomic E-state index is 0.0784. The number of hydrogen-bond donors (Lipinski definition) is 1. The lowest BCUT2D eigenvalue weighted by molar-refractivity contribution is 0.0795. The molecule has 0 radical (unpaired) electrons. The molecule has 1 aromatic carbocycles. The van der Waals surface area contributed by atoms with Crippen molar-refractivity contribution in [3.63, 3.8) is 0 Å². The highest BCUT2D eigenvalue weighted by molar-refractivity contribution is 7.98. The second-order valence-electron chi connectivity index (χ2n) is 3.97. The fourth-order valence-corrected chi connectivity index (χ4v) is 1.97. The molecular formula is C13H20N2OS. The SMILES string of the molecule is CSCCCN(C)C(=O)c1ccc(CN)cc1. The fraction of sp³-hybridized carbons (Fsp3) is 0.462. The molecule has 4 heteroatoms. The van der Waals surface area contributed by atoms with Crippen molar-refractivity contribution >= 4 is 17.7 Å². The quantitative estimate of drug-likeness (QED) is 0.787. The van der Waals surface area contributed by atoms with Crippen LogP contribution in [-0.2, 0) is 6.54 Å². The molecule has 0 aliphatic heterocycles. The Bertz CT molecular complexity index is 351. The van der Waals surface area contributed by atoms with Gasteiger partial charge in [-0.05, 0) is 36.1 Å². The van der Waals surface area contributed by atoms with Gasteiger partial charge in [0.25, 0.3) is 5.91 Å². The summed E-state index contributed by atoms with van der Waals surface area (Å²) in [6, 6.07) is 7.50. The van der Waals surface area contributed by atoms with Crippen LogP contribution in [0.1, 0.15) is 22.3 Å². The molecule has 1 rings (SSSR count). The number of carbonyl (C=O) groups excluding carboxylic acids is 1. The fourth-order valence-electron chi connectivity index (χ4n) is 1.55. The molecule has 94 valence electrons. The van der Waals surface area contributed by atoms with E-state index in [1.807, 2.05) is 31.3 Å². The highest BCUT2D eigenvalue weighted by Crippen LogP contribution is 2.07. The molecule has 0 aromatic heterocycles.